The first-order chi connectivity index (χ1) is 13.8. The molecule has 7 nitrogen and oxygen atoms in total. The van der Waals surface area contributed by atoms with Crippen molar-refractivity contribution in [2.45, 2.75) is 37.6 Å². The Morgan fingerprint density at radius 3 is 2.76 bits per heavy atom. The minimum Gasteiger partial charge on any atom is -0.461 e. The van der Waals surface area contributed by atoms with Gasteiger partial charge in [-0.25, -0.2) is 0 Å². The molecule has 1 fully saturated rings. The van der Waals surface area contributed by atoms with Crippen LogP contribution in [0.25, 0.3) is 11.0 Å². The van der Waals surface area contributed by atoms with Gasteiger partial charge in [0, 0.05) is 23.2 Å². The topological polar surface area (TPSA) is 118 Å². The van der Waals surface area contributed by atoms with E-state index in [1.54, 1.807) is 13.1 Å². The number of amides is 2. The van der Waals surface area contributed by atoms with Gasteiger partial charge in [-0.3, -0.25) is 14.6 Å². The molecule has 0 unspecified atom stereocenters. The first-order valence-corrected chi connectivity index (χ1v) is 9.51. The van der Waals surface area contributed by atoms with E-state index in [0.29, 0.717) is 34.1 Å². The fourth-order valence-electron chi connectivity index (χ4n) is 3.73. The van der Waals surface area contributed by atoms with E-state index in [1.807, 2.05) is 36.4 Å². The summed E-state index contributed by atoms with van der Waals surface area (Å²) in [6.45, 7) is 2.49. The van der Waals surface area contributed by atoms with Gasteiger partial charge in [-0.1, -0.05) is 12.1 Å². The largest absolute Gasteiger partial charge is 0.461 e. The highest BCUT2D eigenvalue weighted by atomic mass is 16.3. The third-order valence-electron chi connectivity index (χ3n) is 5.65. The number of nitrogens with zero attached hydrogens (tertiary/aromatic N) is 1. The predicted molar refractivity (Wildman–Crippen MR) is 107 cm³/mol. The lowest BCUT2D eigenvalue weighted by Gasteiger charge is -2.24. The third-order valence-corrected chi connectivity index (χ3v) is 5.65. The zero-order valence-corrected chi connectivity index (χ0v) is 16.3. The highest BCUT2D eigenvalue weighted by Crippen LogP contribution is 2.54. The van der Waals surface area contributed by atoms with Gasteiger partial charge in [-0.15, -0.1) is 0 Å². The fraction of sp³-hybridized carbons (Fsp3) is 0.318. The SMILES string of the molecule is Cc1oc2ccc([C@@H]3C[C@H]3c3ccccn3)cc2c1C(=O)N[C@@](C)(CO)C(N)=O. The van der Waals surface area contributed by atoms with E-state index >= 15 is 0 Å². The Bertz CT molecular complexity index is 1090. The van der Waals surface area contributed by atoms with Crippen molar-refractivity contribution in [3.63, 3.8) is 0 Å². The number of aliphatic hydroxyl groups excluding tert-OH is 1. The quantitative estimate of drug-likeness (QED) is 0.594. The number of hydrogen-bond donors (Lipinski definition) is 3. The number of fused-ring (bicyclic) bond motifs is 1. The maximum Gasteiger partial charge on any atom is 0.256 e. The number of aryl methyl sites for hydroxylation is 1. The smallest absolute Gasteiger partial charge is 0.256 e. The summed E-state index contributed by atoms with van der Waals surface area (Å²) in [5, 5.41) is 12.7. The molecule has 4 N–H and O–H groups in total. The molecule has 3 aromatic rings. The normalized spacial score (nSPS) is 20.2. The van der Waals surface area contributed by atoms with Gasteiger partial charge in [0.15, 0.2) is 0 Å². The molecule has 2 aromatic heterocycles. The molecular formula is C22H23N3O4. The highest BCUT2D eigenvalue weighted by molar-refractivity contribution is 6.09. The molecule has 0 bridgehead atoms. The maximum absolute atomic E-state index is 12.9. The first-order valence-electron chi connectivity index (χ1n) is 9.51. The zero-order valence-electron chi connectivity index (χ0n) is 16.3. The number of rotatable bonds is 6. The number of benzene rings is 1. The van der Waals surface area contributed by atoms with Crippen LogP contribution >= 0.6 is 0 Å². The van der Waals surface area contributed by atoms with Crippen LogP contribution in [-0.2, 0) is 4.79 Å². The van der Waals surface area contributed by atoms with Crippen molar-refractivity contribution in [1.29, 1.82) is 0 Å². The Kier molecular flexibility index (Phi) is 4.62. The molecule has 150 valence electrons. The van der Waals surface area contributed by atoms with E-state index in [1.165, 1.54) is 6.92 Å². The van der Waals surface area contributed by atoms with Gasteiger partial charge in [0.05, 0.1) is 12.2 Å². The fourth-order valence-corrected chi connectivity index (χ4v) is 3.73. The summed E-state index contributed by atoms with van der Waals surface area (Å²) in [7, 11) is 0. The summed E-state index contributed by atoms with van der Waals surface area (Å²) in [5.74, 6) is -0.168. The lowest BCUT2D eigenvalue weighted by molar-refractivity contribution is -0.124. The molecule has 3 atom stereocenters. The second kappa shape index (κ2) is 7.00. The average molecular weight is 393 g/mol. The van der Waals surface area contributed by atoms with Crippen LogP contribution in [0.5, 0.6) is 0 Å². The van der Waals surface area contributed by atoms with E-state index < -0.39 is 24.0 Å². The maximum atomic E-state index is 12.9. The number of nitrogens with one attached hydrogen (secondary N) is 1. The number of nitrogens with two attached hydrogens (primary N) is 1. The van der Waals surface area contributed by atoms with Gasteiger partial charge >= 0.3 is 0 Å². The molecule has 1 saturated carbocycles. The Balaban J connectivity index is 1.66. The zero-order chi connectivity index (χ0) is 20.8. The molecule has 1 aromatic carbocycles. The molecule has 7 heteroatoms. The summed E-state index contributed by atoms with van der Waals surface area (Å²) in [4.78, 5) is 29.0. The predicted octanol–water partition coefficient (Wildman–Crippen LogP) is 2.37. The van der Waals surface area contributed by atoms with Crippen LogP contribution in [0.15, 0.2) is 47.0 Å². The number of hydrogen-bond acceptors (Lipinski definition) is 5. The van der Waals surface area contributed by atoms with Gasteiger partial charge in [-0.2, -0.15) is 0 Å². The van der Waals surface area contributed by atoms with Crippen LogP contribution in [0.2, 0.25) is 0 Å². The number of carbonyl (C=O) groups is 2. The molecule has 2 amide bonds. The molecule has 0 radical (unpaired) electrons. The minimum absolute atomic E-state index is 0.341. The molecule has 2 heterocycles. The van der Waals surface area contributed by atoms with E-state index in [0.717, 1.165) is 17.7 Å². The van der Waals surface area contributed by atoms with Crippen molar-refractivity contribution in [1.82, 2.24) is 10.3 Å². The van der Waals surface area contributed by atoms with Crippen molar-refractivity contribution in [3.8, 4) is 0 Å². The summed E-state index contributed by atoms with van der Waals surface area (Å²) in [6.07, 6.45) is 2.80. The lowest BCUT2D eigenvalue weighted by atomic mass is 10.00. The van der Waals surface area contributed by atoms with Crippen LogP contribution in [0.3, 0.4) is 0 Å². The van der Waals surface area contributed by atoms with Gasteiger partial charge in [0.1, 0.15) is 16.9 Å². The van der Waals surface area contributed by atoms with Gasteiger partial charge in [0.2, 0.25) is 5.91 Å². The molecule has 0 saturated heterocycles. The molecule has 1 aliphatic carbocycles. The second-order valence-electron chi connectivity index (χ2n) is 7.80. The van der Waals surface area contributed by atoms with E-state index in [9.17, 15) is 14.7 Å². The molecule has 0 spiro atoms. The third kappa shape index (κ3) is 3.38. The standard InChI is InChI=1S/C22H23N3O4/c1-12-19(20(27)25-22(2,11-26)21(23)28)16-9-13(6-7-18(16)29-12)14-10-15(14)17-5-3-4-8-24-17/h3-9,14-15,26H,10-11H2,1-2H3,(H2,23,28)(H,25,27)/t14-,15+,22-/m0/s1. The van der Waals surface area contributed by atoms with Crippen LogP contribution in [0.4, 0.5) is 0 Å². The molecule has 4 rings (SSSR count). The number of pyridine rings is 1. The van der Waals surface area contributed by atoms with Crippen molar-refractivity contribution in [2.75, 3.05) is 6.61 Å². The van der Waals surface area contributed by atoms with E-state index in [4.69, 9.17) is 10.2 Å². The number of furan rings is 1. The second-order valence-corrected chi connectivity index (χ2v) is 7.80. The van der Waals surface area contributed by atoms with Gasteiger partial charge < -0.3 is 20.6 Å². The van der Waals surface area contributed by atoms with Crippen LogP contribution < -0.4 is 11.1 Å². The minimum atomic E-state index is -1.55. The monoisotopic (exact) mass is 393 g/mol. The van der Waals surface area contributed by atoms with Crippen LogP contribution in [0, 0.1) is 6.92 Å². The van der Waals surface area contributed by atoms with Crippen molar-refractivity contribution in [3.05, 3.63) is 65.2 Å². The van der Waals surface area contributed by atoms with Crippen molar-refractivity contribution >= 4 is 22.8 Å². The summed E-state index contributed by atoms with van der Waals surface area (Å²) in [5.41, 5.74) is 6.90. The molecule has 29 heavy (non-hydrogen) atoms. The molecule has 1 aliphatic rings. The summed E-state index contributed by atoms with van der Waals surface area (Å²) < 4.78 is 5.74. The lowest BCUT2D eigenvalue weighted by Crippen LogP contribution is -2.57. The van der Waals surface area contributed by atoms with Gasteiger partial charge in [0.25, 0.3) is 5.91 Å². The summed E-state index contributed by atoms with van der Waals surface area (Å²) >= 11 is 0. The number of aromatic nitrogens is 1. The molecule has 0 aliphatic heterocycles. The van der Waals surface area contributed by atoms with Gasteiger partial charge in [-0.05, 0) is 56.0 Å². The van der Waals surface area contributed by atoms with Crippen LogP contribution in [0.1, 0.15) is 52.6 Å². The summed E-state index contributed by atoms with van der Waals surface area (Å²) in [6, 6.07) is 11.8. The van der Waals surface area contributed by atoms with E-state index in [-0.39, 0.29) is 0 Å². The number of aliphatic hydroxyl groups is 1. The van der Waals surface area contributed by atoms with Crippen molar-refractivity contribution < 1.29 is 19.1 Å². The van der Waals surface area contributed by atoms with Crippen LogP contribution in [-0.4, -0.2) is 34.1 Å². The highest BCUT2D eigenvalue weighted by Gasteiger charge is 2.41. The number of carbonyl (C=O) groups excluding carboxylic acids is 2. The average Bonchev–Trinajstić information content (AvgIpc) is 3.44. The van der Waals surface area contributed by atoms with E-state index in [2.05, 4.69) is 10.3 Å². The Morgan fingerprint density at radius 1 is 1.31 bits per heavy atom. The Morgan fingerprint density at radius 2 is 2.10 bits per heavy atom. The van der Waals surface area contributed by atoms with Crippen molar-refractivity contribution in [2.24, 2.45) is 5.73 Å². The first kappa shape index (κ1) is 19.1. The number of primary amides is 1. The molecular weight excluding hydrogens is 370 g/mol. The Labute approximate surface area is 167 Å². The Hall–Kier alpha value is -3.19.